The van der Waals surface area contributed by atoms with Crippen molar-refractivity contribution in [2.75, 3.05) is 11.9 Å². The Bertz CT molecular complexity index is 1790. The fourth-order valence-electron chi connectivity index (χ4n) is 5.87. The molecule has 0 radical (unpaired) electrons. The van der Waals surface area contributed by atoms with E-state index >= 15 is 0 Å². The number of hydrogen-bond acceptors (Lipinski definition) is 13. The zero-order valence-corrected chi connectivity index (χ0v) is 42.7. The molecule has 4 aliphatic rings. The van der Waals surface area contributed by atoms with Crippen LogP contribution in [-0.4, -0.2) is 70.4 Å². The molecule has 2 aromatic rings. The van der Waals surface area contributed by atoms with E-state index in [-0.39, 0.29) is 141 Å². The summed E-state index contributed by atoms with van der Waals surface area (Å²) in [5, 5.41) is 10.9. The number of imide groups is 2. The molecular weight excluding hydrogens is 986 g/mol. The van der Waals surface area contributed by atoms with Crippen LogP contribution in [0.3, 0.4) is 0 Å². The number of aryl methyl sites for hydroxylation is 2. The topological polar surface area (TPSA) is 204 Å². The van der Waals surface area contributed by atoms with Gasteiger partial charge in [-0.3, -0.25) is 29.3 Å². The van der Waals surface area contributed by atoms with Gasteiger partial charge in [0.15, 0.2) is 0 Å². The summed E-state index contributed by atoms with van der Waals surface area (Å²) in [5.41, 5.74) is 0.0829. The molecule has 1 N–H and O–H groups in total. The van der Waals surface area contributed by atoms with E-state index in [4.69, 9.17) is 29.0 Å². The molecule has 0 saturated carbocycles. The van der Waals surface area contributed by atoms with Crippen molar-refractivity contribution in [1.29, 1.82) is 0 Å². The standard InChI is InChI=1S/C17H18BrNO5.C11H8BrNO3.C6H11BrO2.CH2O3.CH4.2K.H/c1-16(2,3)23-13(20)9-19-14(21)17(24-15(19)22)7-6-10-8-11(18)4-5-12(10)17;12-7-1-2-8-6(5-7)3-4-11(8)9(14)13-10(15)16-11;1-6(2,3)9-5(8)4-7;2-1-4-3;;;;/h4-5,8H,6-7,9H2,1-3H3;1-2,5H,3-4H2,(H,13,14,15);4H2,1-3H3;1,3H;1H4;;;/q;;;;;2*+1;-1/p-1/t17-;11-;;;;;;/m11....../s1. The third-order valence-corrected chi connectivity index (χ3v) is 9.14. The quantitative estimate of drug-likeness (QED) is 0.0796. The summed E-state index contributed by atoms with van der Waals surface area (Å²) in [5.74, 6) is -1.71. The monoisotopic (exact) mass is 1030 g/mol. The van der Waals surface area contributed by atoms with Gasteiger partial charge >= 0.3 is 127 Å². The van der Waals surface area contributed by atoms with Crippen LogP contribution in [0.15, 0.2) is 45.3 Å². The number of nitrogens with zero attached hydrogens (tertiary/aromatic N) is 1. The fraction of sp³-hybridized carbons (Fsp3) is 0.472. The third kappa shape index (κ3) is 14.5. The van der Waals surface area contributed by atoms with Gasteiger partial charge in [-0.15, -0.1) is 0 Å². The minimum absolute atomic E-state index is 0. The molecule has 2 fully saturated rings. The first-order valence-electron chi connectivity index (χ1n) is 16.0. The molecule has 298 valence electrons. The van der Waals surface area contributed by atoms with E-state index in [2.05, 4.69) is 58.0 Å². The first-order chi connectivity index (χ1) is 24.6. The normalized spacial score (nSPS) is 19.6. The summed E-state index contributed by atoms with van der Waals surface area (Å²) in [7, 11) is 0. The van der Waals surface area contributed by atoms with Crippen molar-refractivity contribution in [2.24, 2.45) is 0 Å². The van der Waals surface area contributed by atoms with Crippen LogP contribution >= 0.6 is 47.8 Å². The molecule has 2 atom stereocenters. The van der Waals surface area contributed by atoms with Crippen LogP contribution < -0.4 is 113 Å². The molecule has 15 nitrogen and oxygen atoms in total. The van der Waals surface area contributed by atoms with Gasteiger partial charge < -0.3 is 30.5 Å². The molecule has 0 aromatic heterocycles. The summed E-state index contributed by atoms with van der Waals surface area (Å²) in [4.78, 5) is 82.6. The molecule has 2 aliphatic carbocycles. The van der Waals surface area contributed by atoms with Gasteiger partial charge in [-0.2, -0.15) is 0 Å². The van der Waals surface area contributed by atoms with Gasteiger partial charge in [0.2, 0.25) is 11.2 Å². The first kappa shape index (κ1) is 55.4. The van der Waals surface area contributed by atoms with Crippen molar-refractivity contribution in [3.8, 4) is 0 Å². The molecule has 2 aliphatic heterocycles. The summed E-state index contributed by atoms with van der Waals surface area (Å²) in [6.45, 7) is 10.1. The Hall–Kier alpha value is -0.597. The molecule has 0 bridgehead atoms. The van der Waals surface area contributed by atoms with Crippen molar-refractivity contribution in [2.45, 2.75) is 97.1 Å². The number of esters is 2. The van der Waals surface area contributed by atoms with E-state index < -0.39 is 47.4 Å². The van der Waals surface area contributed by atoms with Gasteiger partial charge in [0.1, 0.15) is 23.1 Å². The Morgan fingerprint density at radius 2 is 1.30 bits per heavy atom. The fourth-order valence-corrected chi connectivity index (χ4v) is 6.80. The number of halogens is 3. The van der Waals surface area contributed by atoms with Gasteiger partial charge in [-0.1, -0.05) is 67.3 Å². The van der Waals surface area contributed by atoms with Crippen LogP contribution in [0.5, 0.6) is 0 Å². The molecule has 4 amide bonds. The van der Waals surface area contributed by atoms with Crippen LogP contribution in [0, 0.1) is 0 Å². The number of alkyl halides is 1. The minimum Gasteiger partial charge on any atom is -1.00 e. The summed E-state index contributed by atoms with van der Waals surface area (Å²) in [6, 6.07) is 11.2. The second-order valence-corrected chi connectivity index (χ2v) is 16.3. The number of carbonyl (C=O) groups is 7. The minimum atomic E-state index is -1.31. The van der Waals surface area contributed by atoms with E-state index in [1.54, 1.807) is 26.8 Å². The Balaban J connectivity index is 0. The van der Waals surface area contributed by atoms with Gasteiger partial charge in [-0.05, 0) is 89.8 Å². The molecule has 56 heavy (non-hydrogen) atoms. The van der Waals surface area contributed by atoms with Crippen molar-refractivity contribution in [3.63, 3.8) is 0 Å². The number of amides is 4. The number of hydrogen-bond donors (Lipinski definition) is 1. The number of nitrogens with one attached hydrogen (secondary N) is 1. The zero-order valence-electron chi connectivity index (χ0n) is 32.7. The Labute approximate surface area is 437 Å². The smallest absolute Gasteiger partial charge is 1.00 e. The maximum atomic E-state index is 12.8. The van der Waals surface area contributed by atoms with Crippen LogP contribution in [-0.2, 0) is 71.9 Å². The zero-order chi connectivity index (χ0) is 39.9. The maximum Gasteiger partial charge on any atom is 1.00 e. The SMILES string of the molecule is C.CC(C)(C)OC(=O)CBr.CC(C)(C)OC(=O)CN1C(=O)O[C@@]2(CCc3cc(Br)ccc32)C1=O.O=C1NC(=O)[C@]2(CCc3cc(Br)ccc32)O1.O=CO[O-].[H-].[K+].[K+]. The molecule has 2 saturated heterocycles. The summed E-state index contributed by atoms with van der Waals surface area (Å²) in [6.07, 6.45) is 0.830. The van der Waals surface area contributed by atoms with Gasteiger partial charge in [-0.25, -0.2) is 14.5 Å². The summed E-state index contributed by atoms with van der Waals surface area (Å²) >= 11 is 9.77. The van der Waals surface area contributed by atoms with Crippen molar-refractivity contribution < 1.29 is 167 Å². The first-order valence-corrected chi connectivity index (χ1v) is 18.7. The predicted molar refractivity (Wildman–Crippen MR) is 202 cm³/mol. The number of alkyl carbamates (subject to hydrolysis) is 1. The second kappa shape index (κ2) is 23.4. The predicted octanol–water partition coefficient (Wildman–Crippen LogP) is -0.318. The molecule has 2 spiro atoms. The molecule has 20 heteroatoms. The van der Waals surface area contributed by atoms with E-state index in [0.29, 0.717) is 24.8 Å². The van der Waals surface area contributed by atoms with Crippen molar-refractivity contribution in [3.05, 3.63) is 67.6 Å². The number of carbonyl (C=O) groups excluding carboxylic acids is 7. The average Bonchev–Trinajstić information content (AvgIpc) is 3.75. The van der Waals surface area contributed by atoms with E-state index in [1.165, 1.54) is 0 Å². The van der Waals surface area contributed by atoms with Gasteiger partial charge in [0.05, 0.1) is 0 Å². The summed E-state index contributed by atoms with van der Waals surface area (Å²) < 4.78 is 22.6. The number of fused-ring (bicyclic) bond motifs is 4. The maximum absolute atomic E-state index is 12.8. The molecule has 0 unspecified atom stereocenters. The molecule has 2 aromatic carbocycles. The van der Waals surface area contributed by atoms with Gasteiger partial charge in [0.25, 0.3) is 18.3 Å². The molecule has 2 heterocycles. The molecule has 6 rings (SSSR count). The van der Waals surface area contributed by atoms with Crippen LogP contribution in [0.2, 0.25) is 0 Å². The van der Waals surface area contributed by atoms with E-state index in [0.717, 1.165) is 37.0 Å². The van der Waals surface area contributed by atoms with E-state index in [9.17, 15) is 28.8 Å². The Morgan fingerprint density at radius 1 is 0.857 bits per heavy atom. The van der Waals surface area contributed by atoms with Gasteiger partial charge in [0, 0.05) is 32.9 Å². The van der Waals surface area contributed by atoms with Crippen molar-refractivity contribution >= 4 is 90.2 Å². The van der Waals surface area contributed by atoms with Crippen molar-refractivity contribution in [1.82, 2.24) is 10.2 Å². The second-order valence-electron chi connectivity index (χ2n) is 13.9. The largest absolute Gasteiger partial charge is 1.00 e. The van der Waals surface area contributed by atoms with Crippen LogP contribution in [0.1, 0.15) is 85.5 Å². The average molecular weight is 1030 g/mol. The number of ether oxygens (including phenoxy) is 4. The number of benzene rings is 2. The Kier molecular flexibility index (Phi) is 23.2. The molecular formula is C36H43Br3K2N2O13. The Morgan fingerprint density at radius 3 is 1.70 bits per heavy atom. The van der Waals surface area contributed by atoms with Crippen LogP contribution in [0.4, 0.5) is 9.59 Å². The third-order valence-electron chi connectivity index (χ3n) is 7.70. The van der Waals surface area contributed by atoms with E-state index in [1.807, 2.05) is 51.1 Å². The number of rotatable bonds is 4. The van der Waals surface area contributed by atoms with Crippen LogP contribution in [0.25, 0.3) is 0 Å².